The summed E-state index contributed by atoms with van der Waals surface area (Å²) >= 11 is 0. The molecule has 0 spiro atoms. The number of aryl methyl sites for hydroxylation is 2. The van der Waals surface area contributed by atoms with Gasteiger partial charge in [0.25, 0.3) is 11.8 Å². The van der Waals surface area contributed by atoms with Crippen LogP contribution in [0.5, 0.6) is 23.0 Å². The molecule has 15 heteroatoms. The van der Waals surface area contributed by atoms with Crippen LogP contribution in [0.15, 0.2) is 79.1 Å². The lowest BCUT2D eigenvalue weighted by molar-refractivity contribution is -0.132. The van der Waals surface area contributed by atoms with Crippen molar-refractivity contribution in [3.8, 4) is 23.0 Å². The molecule has 6 rings (SSSR count). The topological polar surface area (TPSA) is 190 Å². The Balaban J connectivity index is 1.41. The van der Waals surface area contributed by atoms with Crippen LogP contribution in [0.2, 0.25) is 0 Å². The van der Waals surface area contributed by atoms with E-state index in [4.69, 9.17) is 14.2 Å². The highest BCUT2D eigenvalue weighted by Crippen LogP contribution is 2.35. The fraction of sp³-hybridized carbons (Fsp3) is 0.341. The molecule has 4 bridgehead atoms. The Morgan fingerprint density at radius 2 is 1.62 bits per heavy atom. The molecule has 5 amide bonds. The van der Waals surface area contributed by atoms with E-state index >= 15 is 0 Å². The SMILES string of the molecule is COc1cc2ccc1CNC(=O)[C@H](C)NC(=O)[C@H](CCc1ccccc1)NC(=O)CN(C(=O)c1cnc(C)nc1)CCCCNC(=O)c1ccc(OC)c(c1)O2. The first kappa shape index (κ1) is 40.7. The molecule has 56 heavy (non-hydrogen) atoms. The van der Waals surface area contributed by atoms with Crippen LogP contribution < -0.4 is 35.5 Å². The van der Waals surface area contributed by atoms with Gasteiger partial charge in [0.05, 0.1) is 26.3 Å². The average Bonchev–Trinajstić information content (AvgIpc) is 3.20. The fourth-order valence-corrected chi connectivity index (χ4v) is 5.98. The Morgan fingerprint density at radius 3 is 2.36 bits per heavy atom. The summed E-state index contributed by atoms with van der Waals surface area (Å²) < 4.78 is 17.2. The predicted molar refractivity (Wildman–Crippen MR) is 206 cm³/mol. The highest BCUT2D eigenvalue weighted by molar-refractivity contribution is 5.97. The summed E-state index contributed by atoms with van der Waals surface area (Å²) in [4.78, 5) is 77.0. The molecule has 294 valence electrons. The number of fused-ring (bicyclic) bond motifs is 18. The number of carbonyl (C=O) groups excluding carboxylic acids is 5. The number of nitrogens with zero attached hydrogens (tertiary/aromatic N) is 3. The minimum Gasteiger partial charge on any atom is -0.496 e. The van der Waals surface area contributed by atoms with Gasteiger partial charge in [0, 0.05) is 49.2 Å². The van der Waals surface area contributed by atoms with Crippen molar-refractivity contribution in [3.63, 3.8) is 0 Å². The van der Waals surface area contributed by atoms with Crippen LogP contribution >= 0.6 is 0 Å². The van der Waals surface area contributed by atoms with Crippen molar-refractivity contribution in [3.05, 3.63) is 107 Å². The van der Waals surface area contributed by atoms with Crippen molar-refractivity contribution in [1.29, 1.82) is 0 Å². The van der Waals surface area contributed by atoms with E-state index in [0.717, 1.165) is 5.56 Å². The van der Waals surface area contributed by atoms with E-state index in [1.807, 2.05) is 30.3 Å². The summed E-state index contributed by atoms with van der Waals surface area (Å²) in [5.41, 5.74) is 2.14. The van der Waals surface area contributed by atoms with E-state index in [-0.39, 0.29) is 44.1 Å². The number of methoxy groups -OCH3 is 2. The Hall–Kier alpha value is -6.51. The number of benzene rings is 3. The zero-order chi connectivity index (χ0) is 40.0. The number of carbonyl (C=O) groups is 5. The molecule has 0 saturated carbocycles. The van der Waals surface area contributed by atoms with Crippen molar-refractivity contribution < 1.29 is 38.2 Å². The molecule has 0 radical (unpaired) electrons. The van der Waals surface area contributed by atoms with E-state index in [9.17, 15) is 24.0 Å². The summed E-state index contributed by atoms with van der Waals surface area (Å²) in [6.07, 6.45) is 4.41. The number of nitrogens with one attached hydrogen (secondary N) is 4. The molecule has 1 aromatic heterocycles. The third kappa shape index (κ3) is 11.3. The third-order valence-corrected chi connectivity index (χ3v) is 9.12. The predicted octanol–water partition coefficient (Wildman–Crippen LogP) is 3.50. The van der Waals surface area contributed by atoms with Crippen LogP contribution in [0, 0.1) is 6.92 Å². The summed E-state index contributed by atoms with van der Waals surface area (Å²) in [6.45, 7) is 3.41. The average molecular weight is 766 g/mol. The highest BCUT2D eigenvalue weighted by atomic mass is 16.5. The van der Waals surface area contributed by atoms with Gasteiger partial charge in [0.1, 0.15) is 29.4 Å². The van der Waals surface area contributed by atoms with Crippen LogP contribution in [0.4, 0.5) is 0 Å². The minimum atomic E-state index is -1.02. The van der Waals surface area contributed by atoms with Gasteiger partial charge in [-0.25, -0.2) is 9.97 Å². The van der Waals surface area contributed by atoms with E-state index in [1.165, 1.54) is 31.5 Å². The first-order valence-corrected chi connectivity index (χ1v) is 18.3. The number of hydrogen-bond donors (Lipinski definition) is 4. The quantitative estimate of drug-likeness (QED) is 0.212. The molecular formula is C41H47N7O8. The maximum atomic E-state index is 13.7. The molecule has 3 heterocycles. The molecule has 2 aliphatic rings. The number of rotatable bonds is 6. The molecule has 2 atom stereocenters. The lowest BCUT2D eigenvalue weighted by Gasteiger charge is -2.25. The Labute approximate surface area is 325 Å². The lowest BCUT2D eigenvalue weighted by Crippen LogP contribution is -2.54. The number of amides is 5. The zero-order valence-corrected chi connectivity index (χ0v) is 31.9. The van der Waals surface area contributed by atoms with Crippen LogP contribution in [0.1, 0.15) is 63.9 Å². The van der Waals surface area contributed by atoms with Crippen molar-refractivity contribution in [1.82, 2.24) is 36.1 Å². The second-order valence-electron chi connectivity index (χ2n) is 13.2. The van der Waals surface area contributed by atoms with E-state index < -0.39 is 35.7 Å². The van der Waals surface area contributed by atoms with Crippen LogP contribution in [-0.2, 0) is 27.3 Å². The van der Waals surface area contributed by atoms with Gasteiger partial charge in [-0.2, -0.15) is 0 Å². The Bertz CT molecular complexity index is 2010. The van der Waals surface area contributed by atoms with Gasteiger partial charge >= 0.3 is 0 Å². The molecule has 4 aromatic rings. The zero-order valence-electron chi connectivity index (χ0n) is 31.9. The smallest absolute Gasteiger partial charge is 0.257 e. The molecular weight excluding hydrogens is 718 g/mol. The first-order valence-electron chi connectivity index (χ1n) is 18.3. The van der Waals surface area contributed by atoms with Gasteiger partial charge in [0.15, 0.2) is 11.5 Å². The summed E-state index contributed by atoms with van der Waals surface area (Å²) in [5.74, 6) is -0.367. The molecule has 0 aliphatic carbocycles. The molecule has 0 unspecified atom stereocenters. The maximum absolute atomic E-state index is 13.7. The maximum Gasteiger partial charge on any atom is 0.257 e. The van der Waals surface area contributed by atoms with Crippen LogP contribution in [0.25, 0.3) is 0 Å². The molecule has 3 aromatic carbocycles. The Kier molecular flexibility index (Phi) is 14.3. The standard InChI is InChI=1S/C41H47N7O8/c1-26-38(50)45-22-30-13-15-32(21-35(30)55-4)56-36-20-29(14-17-34(36)54-3)39(51)42-18-8-9-19-48(41(53)31-23-43-27(2)44-24-31)25-37(49)47-33(40(52)46-26)16-12-28-10-6-5-7-11-28/h5-7,10-11,13-15,17,20-21,23-24,26,33H,8-9,12,16,18-19,22,25H2,1-4H3,(H,42,51)(H,45,50)(H,46,52)(H,47,49)/t26-,33-/m0/s1. The van der Waals surface area contributed by atoms with E-state index in [0.29, 0.717) is 59.2 Å². The van der Waals surface area contributed by atoms with Gasteiger partial charge in [-0.3, -0.25) is 24.0 Å². The highest BCUT2D eigenvalue weighted by Gasteiger charge is 2.27. The van der Waals surface area contributed by atoms with Gasteiger partial charge in [-0.05, 0) is 75.4 Å². The van der Waals surface area contributed by atoms with E-state index in [1.54, 1.807) is 50.2 Å². The van der Waals surface area contributed by atoms with Crippen LogP contribution in [-0.4, -0.2) is 90.3 Å². The lowest BCUT2D eigenvalue weighted by atomic mass is 10.0. The summed E-state index contributed by atoms with van der Waals surface area (Å²) in [5, 5.41) is 11.3. The Morgan fingerprint density at radius 1 is 0.875 bits per heavy atom. The van der Waals surface area contributed by atoms with Gasteiger partial charge in [-0.1, -0.05) is 30.3 Å². The van der Waals surface area contributed by atoms with Crippen LogP contribution in [0.3, 0.4) is 0 Å². The van der Waals surface area contributed by atoms with Crippen molar-refractivity contribution in [2.75, 3.05) is 33.9 Å². The number of ether oxygens (including phenoxy) is 3. The first-order chi connectivity index (χ1) is 27.0. The fourth-order valence-electron chi connectivity index (χ4n) is 5.98. The van der Waals surface area contributed by atoms with E-state index in [2.05, 4.69) is 31.2 Å². The second-order valence-corrected chi connectivity index (χ2v) is 13.2. The minimum absolute atomic E-state index is 0.0749. The second kappa shape index (κ2) is 19.7. The summed E-state index contributed by atoms with van der Waals surface area (Å²) in [6, 6.07) is 17.4. The molecule has 0 saturated heterocycles. The van der Waals surface area contributed by atoms with Gasteiger partial charge in [-0.15, -0.1) is 0 Å². The molecule has 0 fully saturated rings. The molecule has 15 nitrogen and oxygen atoms in total. The number of hydrogen-bond acceptors (Lipinski definition) is 10. The summed E-state index contributed by atoms with van der Waals surface area (Å²) in [7, 11) is 2.99. The monoisotopic (exact) mass is 765 g/mol. The molecule has 4 N–H and O–H groups in total. The molecule has 2 aliphatic heterocycles. The normalized spacial score (nSPS) is 17.5. The van der Waals surface area contributed by atoms with Gasteiger partial charge in [0.2, 0.25) is 17.7 Å². The largest absolute Gasteiger partial charge is 0.496 e. The van der Waals surface area contributed by atoms with Crippen molar-refractivity contribution in [2.24, 2.45) is 0 Å². The third-order valence-electron chi connectivity index (χ3n) is 9.12. The van der Waals surface area contributed by atoms with Crippen molar-refractivity contribution >= 4 is 29.5 Å². The van der Waals surface area contributed by atoms with Gasteiger partial charge < -0.3 is 40.4 Å². The van der Waals surface area contributed by atoms with Crippen molar-refractivity contribution in [2.45, 2.75) is 58.2 Å². The number of aromatic nitrogens is 2.